The average molecular weight is 192 g/mol. The third-order valence-electron chi connectivity index (χ3n) is 1.89. The van der Waals surface area contributed by atoms with Gasteiger partial charge < -0.3 is 10.0 Å². The van der Waals surface area contributed by atoms with E-state index in [0.29, 0.717) is 12.2 Å². The maximum atomic E-state index is 8.73. The summed E-state index contributed by atoms with van der Waals surface area (Å²) < 4.78 is 0. The summed E-state index contributed by atoms with van der Waals surface area (Å²) in [5.41, 5.74) is 9.77. The molecule has 5 heteroatoms. The van der Waals surface area contributed by atoms with Crippen molar-refractivity contribution >= 4 is 11.4 Å². The van der Waals surface area contributed by atoms with E-state index in [1.165, 1.54) is 0 Å². The fraction of sp³-hybridized carbons (Fsp3) is 0.333. The van der Waals surface area contributed by atoms with Crippen molar-refractivity contribution in [3.8, 4) is 0 Å². The van der Waals surface area contributed by atoms with Gasteiger partial charge in [0, 0.05) is 29.9 Å². The van der Waals surface area contributed by atoms with Gasteiger partial charge in [-0.2, -0.15) is 0 Å². The number of aliphatic hydroxyl groups excluding tert-OH is 1. The highest BCUT2D eigenvalue weighted by Crippen LogP contribution is 2.18. The second kappa shape index (κ2) is 5.11. The molecule has 0 aromatic heterocycles. The van der Waals surface area contributed by atoms with Gasteiger partial charge in [-0.05, 0) is 17.7 Å². The average Bonchev–Trinajstić information content (AvgIpc) is 2.20. The molecule has 5 nitrogen and oxygen atoms in total. The number of likely N-dealkylation sites (N-methyl/N-ethyl adjacent to an activating group) is 1. The highest BCUT2D eigenvalue weighted by Gasteiger charge is 1.98. The predicted octanol–water partition coefficient (Wildman–Crippen LogP) is 2.06. The van der Waals surface area contributed by atoms with Crippen molar-refractivity contribution in [1.82, 2.24) is 0 Å². The topological polar surface area (TPSA) is 72.2 Å². The van der Waals surface area contributed by atoms with E-state index in [4.69, 9.17) is 10.6 Å². The van der Waals surface area contributed by atoms with Gasteiger partial charge in [0.2, 0.25) is 0 Å². The van der Waals surface area contributed by atoms with Gasteiger partial charge in [0.05, 0.1) is 6.61 Å². The van der Waals surface area contributed by atoms with E-state index in [-0.39, 0.29) is 6.61 Å². The van der Waals surface area contributed by atoms with Crippen molar-refractivity contribution in [2.45, 2.75) is 0 Å². The summed E-state index contributed by atoms with van der Waals surface area (Å²) in [6, 6.07) is 7.17. The maximum absolute atomic E-state index is 8.73. The quantitative estimate of drug-likeness (QED) is 0.450. The number of hydrogen-bond donors (Lipinski definition) is 1. The molecule has 0 saturated carbocycles. The standard InChI is InChI=1S/C9H12N4O/c1-13(6-7-14)9-4-2-8(3-5-9)11-12-10/h2-5,14H,6-7H2,1H3. The van der Waals surface area contributed by atoms with Crippen LogP contribution in [0.3, 0.4) is 0 Å². The Morgan fingerprint density at radius 2 is 2.07 bits per heavy atom. The van der Waals surface area contributed by atoms with Crippen LogP contribution in [0.4, 0.5) is 11.4 Å². The molecule has 1 N–H and O–H groups in total. The van der Waals surface area contributed by atoms with Gasteiger partial charge in [-0.1, -0.05) is 17.2 Å². The van der Waals surface area contributed by atoms with Crippen molar-refractivity contribution in [3.05, 3.63) is 34.7 Å². The van der Waals surface area contributed by atoms with Crippen LogP contribution in [0.2, 0.25) is 0 Å². The zero-order valence-corrected chi connectivity index (χ0v) is 7.96. The van der Waals surface area contributed by atoms with Gasteiger partial charge >= 0.3 is 0 Å². The molecule has 0 spiro atoms. The Labute approximate surface area is 82.2 Å². The van der Waals surface area contributed by atoms with Gasteiger partial charge in [0.25, 0.3) is 0 Å². The molecule has 14 heavy (non-hydrogen) atoms. The van der Waals surface area contributed by atoms with Crippen LogP contribution in [-0.4, -0.2) is 25.3 Å². The summed E-state index contributed by atoms with van der Waals surface area (Å²) in [6.07, 6.45) is 0. The van der Waals surface area contributed by atoms with Crippen molar-refractivity contribution in [1.29, 1.82) is 0 Å². The number of benzene rings is 1. The number of aliphatic hydroxyl groups is 1. The first-order valence-electron chi connectivity index (χ1n) is 4.25. The second-order valence-corrected chi connectivity index (χ2v) is 2.85. The Morgan fingerprint density at radius 1 is 1.43 bits per heavy atom. The van der Waals surface area contributed by atoms with Crippen LogP contribution in [-0.2, 0) is 0 Å². The number of anilines is 1. The fourth-order valence-electron chi connectivity index (χ4n) is 1.10. The highest BCUT2D eigenvalue weighted by atomic mass is 16.3. The van der Waals surface area contributed by atoms with Crippen LogP contribution < -0.4 is 4.90 Å². The lowest BCUT2D eigenvalue weighted by molar-refractivity contribution is 0.304. The first-order valence-corrected chi connectivity index (χ1v) is 4.25. The minimum atomic E-state index is 0.120. The first kappa shape index (κ1) is 10.4. The molecular formula is C9H12N4O. The van der Waals surface area contributed by atoms with Crippen LogP contribution >= 0.6 is 0 Å². The molecule has 0 fully saturated rings. The van der Waals surface area contributed by atoms with E-state index < -0.39 is 0 Å². The van der Waals surface area contributed by atoms with Crippen LogP contribution in [0.1, 0.15) is 0 Å². The summed E-state index contributed by atoms with van der Waals surface area (Å²) in [7, 11) is 1.89. The Balaban J connectivity index is 2.77. The third-order valence-corrected chi connectivity index (χ3v) is 1.89. The molecule has 0 bridgehead atoms. The Morgan fingerprint density at radius 3 is 2.57 bits per heavy atom. The third kappa shape index (κ3) is 2.65. The van der Waals surface area contributed by atoms with E-state index in [1.54, 1.807) is 12.1 Å². The Kier molecular flexibility index (Phi) is 3.79. The number of azide groups is 1. The zero-order valence-electron chi connectivity index (χ0n) is 7.96. The molecule has 1 aromatic rings. The van der Waals surface area contributed by atoms with Crippen molar-refractivity contribution in [2.75, 3.05) is 25.1 Å². The second-order valence-electron chi connectivity index (χ2n) is 2.85. The van der Waals surface area contributed by atoms with Gasteiger partial charge in [-0.25, -0.2) is 0 Å². The molecule has 0 unspecified atom stereocenters. The molecular weight excluding hydrogens is 180 g/mol. The summed E-state index contributed by atoms with van der Waals surface area (Å²) in [6.45, 7) is 0.704. The SMILES string of the molecule is CN(CCO)c1ccc(N=[N+]=[N-])cc1. The fourth-order valence-corrected chi connectivity index (χ4v) is 1.10. The molecule has 0 aliphatic carbocycles. The van der Waals surface area contributed by atoms with E-state index in [1.807, 2.05) is 24.1 Å². The zero-order chi connectivity index (χ0) is 10.4. The normalized spacial score (nSPS) is 9.29. The molecule has 0 saturated heterocycles. The van der Waals surface area contributed by atoms with E-state index in [2.05, 4.69) is 10.0 Å². The summed E-state index contributed by atoms with van der Waals surface area (Å²) in [5.74, 6) is 0. The van der Waals surface area contributed by atoms with Gasteiger partial charge in [-0.3, -0.25) is 0 Å². The molecule has 0 amide bonds. The molecule has 1 aromatic carbocycles. The Hall–Kier alpha value is -1.71. The van der Waals surface area contributed by atoms with Crippen LogP contribution in [0.5, 0.6) is 0 Å². The van der Waals surface area contributed by atoms with Gasteiger partial charge in [0.1, 0.15) is 0 Å². The largest absolute Gasteiger partial charge is 0.395 e. The predicted molar refractivity (Wildman–Crippen MR) is 55.6 cm³/mol. The summed E-state index contributed by atoms with van der Waals surface area (Å²) in [5, 5.41) is 12.2. The summed E-state index contributed by atoms with van der Waals surface area (Å²) in [4.78, 5) is 4.60. The molecule has 0 aliphatic rings. The number of hydrogen-bond acceptors (Lipinski definition) is 3. The Bertz CT molecular complexity index is 329. The smallest absolute Gasteiger partial charge is 0.0606 e. The van der Waals surface area contributed by atoms with Gasteiger partial charge in [-0.15, -0.1) is 0 Å². The lowest BCUT2D eigenvalue weighted by Crippen LogP contribution is -2.20. The molecule has 0 atom stereocenters. The van der Waals surface area contributed by atoms with E-state index in [0.717, 1.165) is 5.69 Å². The van der Waals surface area contributed by atoms with Crippen molar-refractivity contribution in [2.24, 2.45) is 5.11 Å². The van der Waals surface area contributed by atoms with Crippen LogP contribution in [0, 0.1) is 0 Å². The minimum absolute atomic E-state index is 0.120. The van der Waals surface area contributed by atoms with Crippen molar-refractivity contribution in [3.63, 3.8) is 0 Å². The van der Waals surface area contributed by atoms with Crippen molar-refractivity contribution < 1.29 is 5.11 Å². The lowest BCUT2D eigenvalue weighted by Gasteiger charge is -2.17. The molecule has 0 heterocycles. The molecule has 74 valence electrons. The monoisotopic (exact) mass is 192 g/mol. The molecule has 0 radical (unpaired) electrons. The first-order chi connectivity index (χ1) is 6.77. The molecule has 1 rings (SSSR count). The van der Waals surface area contributed by atoms with E-state index >= 15 is 0 Å². The molecule has 0 aliphatic heterocycles. The van der Waals surface area contributed by atoms with Crippen LogP contribution in [0.25, 0.3) is 10.4 Å². The lowest BCUT2D eigenvalue weighted by atomic mass is 10.2. The van der Waals surface area contributed by atoms with E-state index in [9.17, 15) is 0 Å². The minimum Gasteiger partial charge on any atom is -0.395 e. The highest BCUT2D eigenvalue weighted by molar-refractivity contribution is 5.52. The maximum Gasteiger partial charge on any atom is 0.0606 e. The summed E-state index contributed by atoms with van der Waals surface area (Å²) >= 11 is 0. The van der Waals surface area contributed by atoms with Gasteiger partial charge in [0.15, 0.2) is 0 Å². The van der Waals surface area contributed by atoms with Crippen LogP contribution in [0.15, 0.2) is 29.4 Å². The number of nitrogens with zero attached hydrogens (tertiary/aromatic N) is 4. The number of rotatable bonds is 4.